The minimum absolute atomic E-state index is 0.110. The quantitative estimate of drug-likeness (QED) is 0.281. The van der Waals surface area contributed by atoms with E-state index in [1.165, 1.54) is 45.5 Å². The van der Waals surface area contributed by atoms with Crippen LogP contribution < -0.4 is 10.6 Å². The molecule has 0 aliphatic carbocycles. The average Bonchev–Trinajstić information content (AvgIpc) is 3.35. The van der Waals surface area contributed by atoms with E-state index in [1.807, 2.05) is 25.1 Å². The van der Waals surface area contributed by atoms with Crippen molar-refractivity contribution in [1.82, 2.24) is 14.5 Å². The molecule has 3 aromatic rings. The average molecular weight is 627 g/mol. The predicted octanol–water partition coefficient (Wildman–Crippen LogP) is 5.26. The number of rotatable bonds is 12. The first kappa shape index (κ1) is 32.3. The summed E-state index contributed by atoms with van der Waals surface area (Å²) in [6.45, 7) is 8.37. The highest BCUT2D eigenvalue weighted by Crippen LogP contribution is 2.38. The molecule has 2 heterocycles. The molecule has 230 valence electrons. The van der Waals surface area contributed by atoms with Crippen molar-refractivity contribution in [2.45, 2.75) is 58.0 Å². The van der Waals surface area contributed by atoms with Gasteiger partial charge in [-0.2, -0.15) is 4.31 Å². The summed E-state index contributed by atoms with van der Waals surface area (Å²) < 4.78 is 32.5. The highest BCUT2D eigenvalue weighted by molar-refractivity contribution is 7.89. The number of nitrogens with one attached hydrogen (secondary N) is 2. The third-order valence-electron chi connectivity index (χ3n) is 7.20. The number of nitrogens with zero attached hydrogens (tertiary/aromatic N) is 2. The van der Waals surface area contributed by atoms with Crippen LogP contribution in [-0.2, 0) is 34.3 Å². The van der Waals surface area contributed by atoms with Crippen molar-refractivity contribution in [2.24, 2.45) is 0 Å². The van der Waals surface area contributed by atoms with E-state index in [-0.39, 0.29) is 22.6 Å². The minimum atomic E-state index is -3.69. The molecule has 0 radical (unpaired) electrons. The molecule has 0 bridgehead atoms. The molecule has 43 heavy (non-hydrogen) atoms. The maximum absolute atomic E-state index is 13.3. The highest BCUT2D eigenvalue weighted by atomic mass is 32.2. The van der Waals surface area contributed by atoms with Crippen LogP contribution in [-0.4, -0.2) is 61.8 Å². The maximum atomic E-state index is 13.3. The lowest BCUT2D eigenvalue weighted by Gasteiger charge is -2.27. The normalized spacial score (nSPS) is 13.4. The van der Waals surface area contributed by atoms with Gasteiger partial charge >= 0.3 is 6.09 Å². The van der Waals surface area contributed by atoms with Gasteiger partial charge in [0.05, 0.1) is 17.1 Å². The van der Waals surface area contributed by atoms with E-state index < -0.39 is 27.9 Å². The molecule has 0 fully saturated rings. The Labute approximate surface area is 257 Å². The van der Waals surface area contributed by atoms with Gasteiger partial charge in [0.1, 0.15) is 5.00 Å². The van der Waals surface area contributed by atoms with E-state index in [2.05, 4.69) is 27.7 Å². The lowest BCUT2D eigenvalue weighted by Crippen LogP contribution is -2.34. The van der Waals surface area contributed by atoms with Crippen molar-refractivity contribution in [2.75, 3.05) is 31.6 Å². The van der Waals surface area contributed by atoms with Crippen LogP contribution in [0.15, 0.2) is 59.5 Å². The van der Waals surface area contributed by atoms with Crippen molar-refractivity contribution < 1.29 is 27.5 Å². The van der Waals surface area contributed by atoms with Gasteiger partial charge in [-0.05, 0) is 55.2 Å². The number of amides is 3. The summed E-state index contributed by atoms with van der Waals surface area (Å²) in [5, 5.41) is 5.43. The van der Waals surface area contributed by atoms with Crippen molar-refractivity contribution >= 4 is 44.3 Å². The van der Waals surface area contributed by atoms with Gasteiger partial charge in [-0.3, -0.25) is 19.8 Å². The molecule has 2 aromatic carbocycles. The van der Waals surface area contributed by atoms with Gasteiger partial charge in [-0.25, -0.2) is 13.2 Å². The summed E-state index contributed by atoms with van der Waals surface area (Å²) in [6.07, 6.45) is 1.35. The van der Waals surface area contributed by atoms with Crippen LogP contribution in [0.4, 0.5) is 9.80 Å². The zero-order valence-electron chi connectivity index (χ0n) is 24.7. The Morgan fingerprint density at radius 2 is 1.72 bits per heavy atom. The standard InChI is InChI=1S/C31H38N4O6S2/c1-4-7-18-35(5-2)43(39,40)24-15-13-23(14-16-24)28(36)32-30-27(29(37)33-31(38)41-6-3)25-17-19-34(21-26(25)42-30)20-22-11-9-8-10-12-22/h8-16H,4-7,17-21H2,1-3H3,(H,32,36)(H,33,37,38). The largest absolute Gasteiger partial charge is 0.450 e. The molecule has 0 atom stereocenters. The van der Waals surface area contributed by atoms with Crippen LogP contribution in [0.2, 0.25) is 0 Å². The molecule has 4 rings (SSSR count). The second-order valence-electron chi connectivity index (χ2n) is 10.2. The molecule has 1 aromatic heterocycles. The first-order chi connectivity index (χ1) is 20.7. The smallest absolute Gasteiger partial charge is 0.414 e. The number of ether oxygens (including phenoxy) is 1. The van der Waals surface area contributed by atoms with Gasteiger partial charge in [0.2, 0.25) is 10.0 Å². The monoisotopic (exact) mass is 626 g/mol. The van der Waals surface area contributed by atoms with Crippen LogP contribution in [0.3, 0.4) is 0 Å². The molecule has 0 unspecified atom stereocenters. The lowest BCUT2D eigenvalue weighted by atomic mass is 10.0. The number of imide groups is 1. The Morgan fingerprint density at radius 1 is 1.00 bits per heavy atom. The number of carbonyl (C=O) groups is 3. The number of unbranched alkanes of at least 4 members (excludes halogenated alkanes) is 1. The number of sulfonamides is 1. The Bertz CT molecular complexity index is 1540. The summed E-state index contributed by atoms with van der Waals surface area (Å²) in [6, 6.07) is 15.9. The Balaban J connectivity index is 1.57. The van der Waals surface area contributed by atoms with Crippen molar-refractivity contribution in [3.63, 3.8) is 0 Å². The molecular weight excluding hydrogens is 588 g/mol. The van der Waals surface area contributed by atoms with Crippen LogP contribution in [0.25, 0.3) is 0 Å². The zero-order chi connectivity index (χ0) is 31.0. The summed E-state index contributed by atoms with van der Waals surface area (Å²) in [4.78, 5) is 42.0. The number of fused-ring (bicyclic) bond motifs is 1. The van der Waals surface area contributed by atoms with Crippen molar-refractivity contribution in [3.05, 3.63) is 81.7 Å². The number of anilines is 1. The number of hydrogen-bond donors (Lipinski definition) is 2. The molecule has 10 nitrogen and oxygen atoms in total. The number of benzene rings is 2. The number of alkyl carbamates (subject to hydrolysis) is 1. The van der Waals surface area contributed by atoms with E-state index >= 15 is 0 Å². The predicted molar refractivity (Wildman–Crippen MR) is 167 cm³/mol. The molecule has 0 saturated carbocycles. The molecule has 1 aliphatic heterocycles. The first-order valence-corrected chi connectivity index (χ1v) is 16.7. The molecule has 12 heteroatoms. The maximum Gasteiger partial charge on any atom is 0.414 e. The SMILES string of the molecule is CCCCN(CC)S(=O)(=O)c1ccc(C(=O)Nc2sc3c(c2C(=O)NC(=O)OCC)CCN(Cc2ccccc2)C3)cc1. The summed E-state index contributed by atoms with van der Waals surface area (Å²) >= 11 is 1.30. The first-order valence-electron chi connectivity index (χ1n) is 14.5. The van der Waals surface area contributed by atoms with Gasteiger partial charge in [0.15, 0.2) is 0 Å². The molecule has 1 aliphatic rings. The minimum Gasteiger partial charge on any atom is -0.450 e. The van der Waals surface area contributed by atoms with E-state index in [4.69, 9.17) is 4.74 Å². The van der Waals surface area contributed by atoms with Crippen LogP contribution in [0.1, 0.15) is 70.3 Å². The molecule has 0 saturated heterocycles. The van der Waals surface area contributed by atoms with E-state index in [9.17, 15) is 22.8 Å². The van der Waals surface area contributed by atoms with E-state index in [0.717, 1.165) is 29.8 Å². The second-order valence-corrected chi connectivity index (χ2v) is 13.2. The highest BCUT2D eigenvalue weighted by Gasteiger charge is 2.30. The number of carbonyl (C=O) groups excluding carboxylic acids is 3. The molecular formula is C31H38N4O6S2. The summed E-state index contributed by atoms with van der Waals surface area (Å²) in [5.74, 6) is -1.14. The van der Waals surface area contributed by atoms with Crippen LogP contribution >= 0.6 is 11.3 Å². The molecule has 0 spiro atoms. The topological polar surface area (TPSA) is 125 Å². The molecule has 3 amide bonds. The fourth-order valence-corrected chi connectivity index (χ4v) is 7.74. The Hall–Kier alpha value is -3.58. The number of hydrogen-bond acceptors (Lipinski definition) is 8. The van der Waals surface area contributed by atoms with Gasteiger partial charge in [-0.1, -0.05) is 50.6 Å². The fourth-order valence-electron chi connectivity index (χ4n) is 4.97. The van der Waals surface area contributed by atoms with Gasteiger partial charge in [0.25, 0.3) is 11.8 Å². The van der Waals surface area contributed by atoms with E-state index in [1.54, 1.807) is 13.8 Å². The number of thiophene rings is 1. The Morgan fingerprint density at radius 3 is 2.37 bits per heavy atom. The van der Waals surface area contributed by atoms with Gasteiger partial charge in [-0.15, -0.1) is 11.3 Å². The summed E-state index contributed by atoms with van der Waals surface area (Å²) in [7, 11) is -3.69. The molecule has 2 N–H and O–H groups in total. The van der Waals surface area contributed by atoms with Crippen molar-refractivity contribution in [3.8, 4) is 0 Å². The Kier molecular flexibility index (Phi) is 11.1. The van der Waals surface area contributed by atoms with Gasteiger partial charge in [0, 0.05) is 43.2 Å². The third kappa shape index (κ3) is 7.88. The van der Waals surface area contributed by atoms with E-state index in [0.29, 0.717) is 37.6 Å². The van der Waals surface area contributed by atoms with Crippen LogP contribution in [0.5, 0.6) is 0 Å². The summed E-state index contributed by atoms with van der Waals surface area (Å²) in [5.41, 5.74) is 2.45. The fraction of sp³-hybridized carbons (Fsp3) is 0.387. The second kappa shape index (κ2) is 14.7. The lowest BCUT2D eigenvalue weighted by molar-refractivity contribution is 0.0924. The third-order valence-corrected chi connectivity index (χ3v) is 10.3. The zero-order valence-corrected chi connectivity index (χ0v) is 26.4. The van der Waals surface area contributed by atoms with Gasteiger partial charge < -0.3 is 10.1 Å². The van der Waals surface area contributed by atoms with Crippen LogP contribution in [0, 0.1) is 0 Å². The van der Waals surface area contributed by atoms with Crippen molar-refractivity contribution in [1.29, 1.82) is 0 Å².